The van der Waals surface area contributed by atoms with Crippen LogP contribution in [0.3, 0.4) is 0 Å². The molecular formula is C18H21FN4OS. The fourth-order valence-electron chi connectivity index (χ4n) is 2.39. The summed E-state index contributed by atoms with van der Waals surface area (Å²) in [4.78, 5) is 18.4. The molecule has 0 aliphatic rings. The van der Waals surface area contributed by atoms with Crippen LogP contribution in [-0.4, -0.2) is 27.0 Å². The minimum atomic E-state index is -0.384. The minimum absolute atomic E-state index is 0.0446. The molecule has 0 atom stereocenters. The normalized spacial score (nSPS) is 11.9. The van der Waals surface area contributed by atoms with Gasteiger partial charge in [-0.05, 0) is 31.2 Å². The van der Waals surface area contributed by atoms with Crippen molar-refractivity contribution in [1.29, 1.82) is 0 Å². The fourth-order valence-corrected chi connectivity index (χ4v) is 3.45. The van der Waals surface area contributed by atoms with E-state index in [0.29, 0.717) is 12.4 Å². The second-order valence-corrected chi connectivity index (χ2v) is 8.07. The topological polar surface area (TPSA) is 59.3 Å². The van der Waals surface area contributed by atoms with E-state index in [1.165, 1.54) is 12.1 Å². The van der Waals surface area contributed by atoms with Gasteiger partial charge in [0.25, 0.3) is 0 Å². The lowest BCUT2D eigenvalue weighted by Crippen LogP contribution is -2.35. The molecule has 0 radical (unpaired) electrons. The average molecular weight is 360 g/mol. The molecule has 7 heteroatoms. The van der Waals surface area contributed by atoms with Crippen molar-refractivity contribution in [3.05, 3.63) is 40.7 Å². The number of fused-ring (bicyclic) bond motifs is 1. The highest BCUT2D eigenvalue weighted by Crippen LogP contribution is 2.25. The summed E-state index contributed by atoms with van der Waals surface area (Å²) in [5.41, 5.74) is 1.42. The number of aryl methyl sites for hydroxylation is 1. The number of hydrogen-bond acceptors (Lipinski definition) is 4. The molecule has 0 unspecified atom stereocenters. The molecule has 25 heavy (non-hydrogen) atoms. The van der Waals surface area contributed by atoms with Crippen LogP contribution in [0.1, 0.15) is 31.3 Å². The van der Waals surface area contributed by atoms with Gasteiger partial charge in [0.1, 0.15) is 5.82 Å². The Morgan fingerprint density at radius 3 is 2.56 bits per heavy atom. The van der Waals surface area contributed by atoms with Crippen LogP contribution in [0, 0.1) is 18.2 Å². The Bertz CT molecular complexity index is 906. The highest BCUT2D eigenvalue weighted by atomic mass is 32.1. The van der Waals surface area contributed by atoms with Gasteiger partial charge >= 0.3 is 0 Å². The molecule has 3 rings (SSSR count). The fraction of sp³-hybridized carbons (Fsp3) is 0.389. The Hall–Kier alpha value is -2.28. The average Bonchev–Trinajstić information content (AvgIpc) is 3.07. The molecule has 1 N–H and O–H groups in total. The van der Waals surface area contributed by atoms with Gasteiger partial charge in [-0.1, -0.05) is 32.1 Å². The highest BCUT2D eigenvalue weighted by Gasteiger charge is 2.21. The van der Waals surface area contributed by atoms with Crippen molar-refractivity contribution < 1.29 is 9.18 Å². The molecule has 0 aliphatic heterocycles. The molecule has 2 heterocycles. The number of nitrogens with zero attached hydrogens (tertiary/aromatic N) is 3. The van der Waals surface area contributed by atoms with Gasteiger partial charge in [-0.25, -0.2) is 8.91 Å². The molecular weight excluding hydrogens is 339 g/mol. The second kappa shape index (κ2) is 6.55. The number of benzene rings is 1. The van der Waals surface area contributed by atoms with E-state index in [1.54, 1.807) is 23.5 Å². The maximum absolute atomic E-state index is 13.0. The molecule has 0 fully saturated rings. The van der Waals surface area contributed by atoms with Crippen LogP contribution < -0.4 is 5.32 Å². The number of hydrogen-bond donors (Lipinski definition) is 1. The van der Waals surface area contributed by atoms with E-state index in [2.05, 4.69) is 15.4 Å². The zero-order valence-corrected chi connectivity index (χ0v) is 15.6. The number of amides is 1. The zero-order valence-electron chi connectivity index (χ0n) is 14.8. The Kier molecular flexibility index (Phi) is 4.60. The SMILES string of the molecule is Cc1c(CCNC(=O)C(C)(C)C)sc2nc(-c3ccc(F)cc3)nn12. The summed E-state index contributed by atoms with van der Waals surface area (Å²) < 4.78 is 14.8. The molecule has 0 aliphatic carbocycles. The Morgan fingerprint density at radius 2 is 1.96 bits per heavy atom. The minimum Gasteiger partial charge on any atom is -0.355 e. The number of halogens is 1. The number of nitrogens with one attached hydrogen (secondary N) is 1. The van der Waals surface area contributed by atoms with Crippen molar-refractivity contribution in [3.63, 3.8) is 0 Å². The van der Waals surface area contributed by atoms with Crippen molar-refractivity contribution in [3.8, 4) is 11.4 Å². The summed E-state index contributed by atoms with van der Waals surface area (Å²) in [6.07, 6.45) is 0.745. The van der Waals surface area contributed by atoms with Gasteiger partial charge in [0.05, 0.1) is 5.69 Å². The third-order valence-electron chi connectivity index (χ3n) is 3.93. The number of aromatic nitrogens is 3. The molecule has 1 amide bonds. The first kappa shape index (κ1) is 17.5. The number of carbonyl (C=O) groups excluding carboxylic acids is 1. The second-order valence-electron chi connectivity index (χ2n) is 7.00. The maximum atomic E-state index is 13.0. The van der Waals surface area contributed by atoms with Crippen LogP contribution in [0.2, 0.25) is 0 Å². The van der Waals surface area contributed by atoms with Crippen LogP contribution in [0.25, 0.3) is 16.3 Å². The summed E-state index contributed by atoms with van der Waals surface area (Å²) in [6, 6.07) is 6.15. The quantitative estimate of drug-likeness (QED) is 0.773. The van der Waals surface area contributed by atoms with Crippen LogP contribution in [0.4, 0.5) is 4.39 Å². The van der Waals surface area contributed by atoms with Gasteiger partial charge in [-0.3, -0.25) is 4.79 Å². The summed E-state index contributed by atoms with van der Waals surface area (Å²) in [5, 5.41) is 7.48. The lowest BCUT2D eigenvalue weighted by Gasteiger charge is -2.17. The monoisotopic (exact) mass is 360 g/mol. The molecule has 0 saturated heterocycles. The Labute approximate surface area is 149 Å². The third kappa shape index (κ3) is 3.71. The number of thiazole rings is 1. The first-order valence-corrected chi connectivity index (χ1v) is 8.96. The molecule has 3 aromatic rings. The predicted molar refractivity (Wildman–Crippen MR) is 97.2 cm³/mol. The predicted octanol–water partition coefficient (Wildman–Crippen LogP) is 3.61. The van der Waals surface area contributed by atoms with Crippen molar-refractivity contribution in [2.24, 2.45) is 5.41 Å². The van der Waals surface area contributed by atoms with Crippen LogP contribution in [-0.2, 0) is 11.2 Å². The van der Waals surface area contributed by atoms with Gasteiger partial charge in [-0.2, -0.15) is 4.98 Å². The molecule has 0 spiro atoms. The van der Waals surface area contributed by atoms with Crippen molar-refractivity contribution in [1.82, 2.24) is 19.9 Å². The largest absolute Gasteiger partial charge is 0.355 e. The highest BCUT2D eigenvalue weighted by molar-refractivity contribution is 7.17. The third-order valence-corrected chi connectivity index (χ3v) is 5.13. The summed E-state index contributed by atoms with van der Waals surface area (Å²) in [7, 11) is 0. The van der Waals surface area contributed by atoms with E-state index in [0.717, 1.165) is 27.5 Å². The number of rotatable bonds is 4. The van der Waals surface area contributed by atoms with Crippen molar-refractivity contribution >= 4 is 22.2 Å². The smallest absolute Gasteiger partial charge is 0.225 e. The van der Waals surface area contributed by atoms with Crippen molar-refractivity contribution in [2.45, 2.75) is 34.1 Å². The van der Waals surface area contributed by atoms with Crippen LogP contribution in [0.15, 0.2) is 24.3 Å². The van der Waals surface area contributed by atoms with Crippen LogP contribution in [0.5, 0.6) is 0 Å². The molecule has 0 bridgehead atoms. The van der Waals surface area contributed by atoms with E-state index in [4.69, 9.17) is 0 Å². The van der Waals surface area contributed by atoms with E-state index >= 15 is 0 Å². The Morgan fingerprint density at radius 1 is 1.28 bits per heavy atom. The first-order chi connectivity index (χ1) is 11.8. The first-order valence-electron chi connectivity index (χ1n) is 8.15. The van der Waals surface area contributed by atoms with E-state index in [1.807, 2.05) is 32.2 Å². The van der Waals surface area contributed by atoms with Crippen LogP contribution >= 0.6 is 11.3 Å². The zero-order chi connectivity index (χ0) is 18.2. The standard InChI is InChI=1S/C18H21FN4OS/c1-11-14(9-10-20-16(24)18(2,3)4)25-17-21-15(22-23(11)17)12-5-7-13(19)8-6-12/h5-8H,9-10H2,1-4H3,(H,20,24). The molecule has 5 nitrogen and oxygen atoms in total. The Balaban J connectivity index is 1.74. The molecule has 0 saturated carbocycles. The maximum Gasteiger partial charge on any atom is 0.225 e. The van der Waals surface area contributed by atoms with Gasteiger partial charge in [0, 0.05) is 28.8 Å². The molecule has 2 aromatic heterocycles. The van der Waals surface area contributed by atoms with Gasteiger partial charge in [0.15, 0.2) is 5.82 Å². The van der Waals surface area contributed by atoms with Gasteiger partial charge < -0.3 is 5.32 Å². The summed E-state index contributed by atoms with van der Waals surface area (Å²) in [6.45, 7) is 8.27. The molecule has 1 aromatic carbocycles. The lowest BCUT2D eigenvalue weighted by atomic mass is 9.96. The van der Waals surface area contributed by atoms with Gasteiger partial charge in [0.2, 0.25) is 10.9 Å². The van der Waals surface area contributed by atoms with E-state index in [-0.39, 0.29) is 17.1 Å². The van der Waals surface area contributed by atoms with Gasteiger partial charge in [-0.15, -0.1) is 5.10 Å². The lowest BCUT2D eigenvalue weighted by molar-refractivity contribution is -0.128. The van der Waals surface area contributed by atoms with E-state index in [9.17, 15) is 9.18 Å². The summed E-state index contributed by atoms with van der Waals surface area (Å²) >= 11 is 1.57. The van der Waals surface area contributed by atoms with Crippen molar-refractivity contribution in [2.75, 3.05) is 6.54 Å². The molecule has 132 valence electrons. The van der Waals surface area contributed by atoms with E-state index < -0.39 is 0 Å². The number of carbonyl (C=O) groups is 1. The summed E-state index contributed by atoms with van der Waals surface area (Å²) in [5.74, 6) is 0.352.